The summed E-state index contributed by atoms with van der Waals surface area (Å²) < 4.78 is 0. The number of nitrogens with zero attached hydrogens (tertiary/aromatic N) is 1. The van der Waals surface area contributed by atoms with Crippen molar-refractivity contribution in [3.63, 3.8) is 0 Å². The van der Waals surface area contributed by atoms with Gasteiger partial charge < -0.3 is 10.2 Å². The fourth-order valence-corrected chi connectivity index (χ4v) is 5.23. The van der Waals surface area contributed by atoms with E-state index in [2.05, 4.69) is 10.2 Å². The van der Waals surface area contributed by atoms with Crippen LogP contribution in [0.1, 0.15) is 70.6 Å². The number of rotatable bonds is 3. The summed E-state index contributed by atoms with van der Waals surface area (Å²) in [6.45, 7) is 2.72. The molecule has 0 aromatic carbocycles. The quantitative estimate of drug-likeness (QED) is 0.848. The lowest BCUT2D eigenvalue weighted by molar-refractivity contribution is 0.124. The van der Waals surface area contributed by atoms with Gasteiger partial charge >= 0.3 is 0 Å². The zero-order chi connectivity index (χ0) is 13.4. The van der Waals surface area contributed by atoms with Crippen LogP contribution in [-0.2, 0) is 0 Å². The molecule has 3 atom stereocenters. The first-order valence-corrected chi connectivity index (χ1v) is 9.38. The lowest BCUT2D eigenvalue weighted by atomic mass is 9.69. The molecule has 0 amide bonds. The molecular weight excluding hydrogens is 244 g/mol. The summed E-state index contributed by atoms with van der Waals surface area (Å²) in [6, 6.07) is 2.66. The summed E-state index contributed by atoms with van der Waals surface area (Å²) >= 11 is 0. The van der Waals surface area contributed by atoms with Crippen LogP contribution in [0, 0.1) is 11.8 Å². The molecule has 1 heterocycles. The van der Waals surface area contributed by atoms with Crippen LogP contribution < -0.4 is 5.32 Å². The van der Waals surface area contributed by atoms with Crippen LogP contribution in [0.2, 0.25) is 0 Å². The van der Waals surface area contributed by atoms with E-state index in [1.165, 1.54) is 83.7 Å². The Bertz CT molecular complexity index is 317. The standard InChI is InChI=1S/C18H32N2/c1-2-4-15-13-17(6-5-14(15)3-1)19-16-9-11-20(12-10-16)18-7-8-18/h14-19H,1-13H2. The van der Waals surface area contributed by atoms with Gasteiger partial charge in [0, 0.05) is 18.1 Å². The van der Waals surface area contributed by atoms with E-state index in [0.717, 1.165) is 30.0 Å². The van der Waals surface area contributed by atoms with Gasteiger partial charge in [-0.1, -0.05) is 25.7 Å². The van der Waals surface area contributed by atoms with E-state index >= 15 is 0 Å². The molecular formula is C18H32N2. The molecule has 0 spiro atoms. The molecule has 1 N–H and O–H groups in total. The van der Waals surface area contributed by atoms with Crippen LogP contribution in [0.5, 0.6) is 0 Å². The normalized spacial score (nSPS) is 40.5. The smallest absolute Gasteiger partial charge is 0.00964 e. The van der Waals surface area contributed by atoms with Crippen molar-refractivity contribution >= 4 is 0 Å². The highest BCUT2D eigenvalue weighted by Gasteiger charge is 2.35. The molecule has 4 rings (SSSR count). The van der Waals surface area contributed by atoms with Gasteiger partial charge in [0.1, 0.15) is 0 Å². The zero-order valence-corrected chi connectivity index (χ0v) is 13.0. The average Bonchev–Trinajstić information content (AvgIpc) is 3.33. The van der Waals surface area contributed by atoms with Crippen molar-refractivity contribution in [3.05, 3.63) is 0 Å². The minimum atomic E-state index is 0.829. The molecule has 1 saturated heterocycles. The third-order valence-electron chi connectivity index (χ3n) is 6.60. The number of hydrogen-bond donors (Lipinski definition) is 1. The van der Waals surface area contributed by atoms with E-state index < -0.39 is 0 Å². The van der Waals surface area contributed by atoms with Gasteiger partial charge in [-0.3, -0.25) is 0 Å². The van der Waals surface area contributed by atoms with Gasteiger partial charge in [-0.2, -0.15) is 0 Å². The molecule has 0 aromatic heterocycles. The molecule has 4 fully saturated rings. The van der Waals surface area contributed by atoms with Gasteiger partial charge in [0.05, 0.1) is 0 Å². The highest BCUT2D eigenvalue weighted by Crippen LogP contribution is 2.40. The summed E-state index contributed by atoms with van der Waals surface area (Å²) in [4.78, 5) is 2.75. The predicted octanol–water partition coefficient (Wildman–Crippen LogP) is 3.56. The van der Waals surface area contributed by atoms with Crippen molar-refractivity contribution in [3.8, 4) is 0 Å². The molecule has 1 aliphatic heterocycles. The van der Waals surface area contributed by atoms with Crippen molar-refractivity contribution in [2.75, 3.05) is 13.1 Å². The van der Waals surface area contributed by atoms with Crippen molar-refractivity contribution in [2.45, 2.75) is 88.8 Å². The fraction of sp³-hybridized carbons (Fsp3) is 1.00. The highest BCUT2D eigenvalue weighted by molar-refractivity contribution is 4.91. The van der Waals surface area contributed by atoms with Gasteiger partial charge in [0.15, 0.2) is 0 Å². The maximum Gasteiger partial charge on any atom is 0.00964 e. The van der Waals surface area contributed by atoms with Gasteiger partial charge in [0.2, 0.25) is 0 Å². The maximum absolute atomic E-state index is 4.04. The second kappa shape index (κ2) is 5.96. The molecule has 3 unspecified atom stereocenters. The number of fused-ring (bicyclic) bond motifs is 1. The number of likely N-dealkylation sites (tertiary alicyclic amines) is 1. The van der Waals surface area contributed by atoms with Crippen molar-refractivity contribution in [1.29, 1.82) is 0 Å². The Morgan fingerprint density at radius 3 is 2.15 bits per heavy atom. The lowest BCUT2D eigenvalue weighted by Gasteiger charge is -2.42. The minimum Gasteiger partial charge on any atom is -0.311 e. The molecule has 0 bridgehead atoms. The third-order valence-corrected chi connectivity index (χ3v) is 6.60. The van der Waals surface area contributed by atoms with Gasteiger partial charge in [-0.15, -0.1) is 0 Å². The van der Waals surface area contributed by atoms with Crippen LogP contribution in [0.4, 0.5) is 0 Å². The summed E-state index contributed by atoms with van der Waals surface area (Å²) in [5.74, 6) is 2.17. The number of hydrogen-bond acceptors (Lipinski definition) is 2. The first kappa shape index (κ1) is 13.6. The number of piperidine rings is 1. The van der Waals surface area contributed by atoms with E-state index in [4.69, 9.17) is 0 Å². The molecule has 0 aromatic rings. The molecule has 20 heavy (non-hydrogen) atoms. The Balaban J connectivity index is 1.23. The molecule has 2 nitrogen and oxygen atoms in total. The summed E-state index contributed by atoms with van der Waals surface area (Å²) in [7, 11) is 0. The first-order chi connectivity index (χ1) is 9.88. The predicted molar refractivity (Wildman–Crippen MR) is 83.8 cm³/mol. The van der Waals surface area contributed by atoms with Crippen LogP contribution in [0.25, 0.3) is 0 Å². The van der Waals surface area contributed by atoms with Gasteiger partial charge in [-0.25, -0.2) is 0 Å². The van der Waals surface area contributed by atoms with E-state index in [0.29, 0.717) is 0 Å². The summed E-state index contributed by atoms with van der Waals surface area (Å²) in [5, 5.41) is 4.04. The summed E-state index contributed by atoms with van der Waals surface area (Å²) in [5.41, 5.74) is 0. The topological polar surface area (TPSA) is 15.3 Å². The number of nitrogens with one attached hydrogen (secondary N) is 1. The van der Waals surface area contributed by atoms with Crippen LogP contribution in [0.15, 0.2) is 0 Å². The average molecular weight is 276 g/mol. The largest absolute Gasteiger partial charge is 0.311 e. The molecule has 3 aliphatic carbocycles. The van der Waals surface area contributed by atoms with E-state index in [1.807, 2.05) is 0 Å². The Kier molecular flexibility index (Phi) is 4.05. The molecule has 0 radical (unpaired) electrons. The van der Waals surface area contributed by atoms with Crippen molar-refractivity contribution in [2.24, 2.45) is 11.8 Å². The van der Waals surface area contributed by atoms with E-state index in [1.54, 1.807) is 0 Å². The minimum absolute atomic E-state index is 0.829. The Labute approximate surface area is 124 Å². The van der Waals surface area contributed by atoms with Crippen LogP contribution >= 0.6 is 0 Å². The van der Waals surface area contributed by atoms with Crippen molar-refractivity contribution in [1.82, 2.24) is 10.2 Å². The monoisotopic (exact) mass is 276 g/mol. The van der Waals surface area contributed by atoms with E-state index in [9.17, 15) is 0 Å². The fourth-order valence-electron chi connectivity index (χ4n) is 5.23. The third kappa shape index (κ3) is 3.06. The summed E-state index contributed by atoms with van der Waals surface area (Å²) in [6.07, 6.45) is 16.3. The van der Waals surface area contributed by atoms with Gasteiger partial charge in [0.25, 0.3) is 0 Å². The molecule has 3 saturated carbocycles. The lowest BCUT2D eigenvalue weighted by Crippen LogP contribution is -2.48. The second-order valence-corrected chi connectivity index (χ2v) is 8.02. The molecule has 2 heteroatoms. The van der Waals surface area contributed by atoms with Crippen LogP contribution in [0.3, 0.4) is 0 Å². The molecule has 4 aliphatic rings. The maximum atomic E-state index is 4.04. The Hall–Kier alpha value is -0.0800. The highest BCUT2D eigenvalue weighted by atomic mass is 15.2. The van der Waals surface area contributed by atoms with Crippen molar-refractivity contribution < 1.29 is 0 Å². The first-order valence-electron chi connectivity index (χ1n) is 9.38. The zero-order valence-electron chi connectivity index (χ0n) is 13.0. The van der Waals surface area contributed by atoms with Gasteiger partial charge in [-0.05, 0) is 69.9 Å². The van der Waals surface area contributed by atoms with E-state index in [-0.39, 0.29) is 0 Å². The van der Waals surface area contributed by atoms with Crippen LogP contribution in [-0.4, -0.2) is 36.1 Å². The Morgan fingerprint density at radius 2 is 1.40 bits per heavy atom. The Morgan fingerprint density at radius 1 is 0.650 bits per heavy atom. The molecule has 114 valence electrons. The SMILES string of the molecule is C1CCC2CC(NC3CCN(C4CC4)CC3)CCC2C1. The second-order valence-electron chi connectivity index (χ2n) is 8.02.